The minimum Gasteiger partial charge on any atom is -0.323 e. The van der Waals surface area contributed by atoms with Crippen LogP contribution in [0.2, 0.25) is 10.0 Å². The van der Waals surface area contributed by atoms with E-state index in [1.54, 1.807) is 55.5 Å². The number of hydrogen-bond acceptors (Lipinski definition) is 5. The molecular formula is C19H13Cl2N5O. The molecule has 0 aliphatic rings. The molecule has 3 aromatic rings. The lowest BCUT2D eigenvalue weighted by atomic mass is 10.2. The first-order chi connectivity index (χ1) is 13.0. The summed E-state index contributed by atoms with van der Waals surface area (Å²) in [5.41, 5.74) is 2.09. The number of nitrogens with zero attached hydrogens (tertiary/aromatic N) is 3. The molecule has 0 saturated carbocycles. The van der Waals surface area contributed by atoms with Gasteiger partial charge in [-0.05, 0) is 43.3 Å². The van der Waals surface area contributed by atoms with Crippen LogP contribution in [0.3, 0.4) is 0 Å². The maximum absolute atomic E-state index is 12.6. The molecule has 1 aromatic heterocycles. The van der Waals surface area contributed by atoms with Crippen molar-refractivity contribution >= 4 is 46.4 Å². The molecule has 0 atom stereocenters. The highest BCUT2D eigenvalue weighted by Crippen LogP contribution is 2.27. The van der Waals surface area contributed by atoms with Gasteiger partial charge in [0.25, 0.3) is 5.91 Å². The highest BCUT2D eigenvalue weighted by atomic mass is 35.5. The van der Waals surface area contributed by atoms with Gasteiger partial charge in [0.1, 0.15) is 11.8 Å². The quantitative estimate of drug-likeness (QED) is 0.648. The number of hydrogen-bond donors (Lipinski definition) is 2. The minimum atomic E-state index is -0.451. The molecule has 134 valence electrons. The minimum absolute atomic E-state index is 0.155. The van der Waals surface area contributed by atoms with Gasteiger partial charge in [-0.15, -0.1) is 0 Å². The number of nitriles is 1. The fourth-order valence-corrected chi connectivity index (χ4v) is 2.78. The Bertz CT molecular complexity index is 1060. The molecule has 0 unspecified atom stereocenters. The van der Waals surface area contributed by atoms with Gasteiger partial charge in [-0.3, -0.25) is 4.79 Å². The first-order valence-electron chi connectivity index (χ1n) is 7.84. The summed E-state index contributed by atoms with van der Waals surface area (Å²) < 4.78 is 0. The van der Waals surface area contributed by atoms with E-state index in [1.807, 2.05) is 6.07 Å². The number of carbonyl (C=O) groups excluding carboxylic acids is 1. The maximum Gasteiger partial charge on any atom is 0.274 e. The van der Waals surface area contributed by atoms with Crippen LogP contribution in [0.25, 0.3) is 0 Å². The van der Waals surface area contributed by atoms with Crippen LogP contribution in [0.4, 0.5) is 17.3 Å². The SMILES string of the molecule is Cc1cc(C(=O)Nc2ccccc2C#N)nc(Nc2ccc(Cl)cc2Cl)n1. The summed E-state index contributed by atoms with van der Waals surface area (Å²) in [6.45, 7) is 1.75. The van der Waals surface area contributed by atoms with Gasteiger partial charge >= 0.3 is 0 Å². The van der Waals surface area contributed by atoms with E-state index in [-0.39, 0.29) is 11.6 Å². The summed E-state index contributed by atoms with van der Waals surface area (Å²) in [7, 11) is 0. The maximum atomic E-state index is 12.6. The Morgan fingerprint density at radius 2 is 1.85 bits per heavy atom. The fourth-order valence-electron chi connectivity index (χ4n) is 2.33. The molecule has 1 heterocycles. The molecule has 0 fully saturated rings. The van der Waals surface area contributed by atoms with Gasteiger partial charge in [0.15, 0.2) is 0 Å². The number of rotatable bonds is 4. The molecule has 2 aromatic carbocycles. The molecule has 0 spiro atoms. The summed E-state index contributed by atoms with van der Waals surface area (Å²) in [4.78, 5) is 21.1. The van der Waals surface area contributed by atoms with Gasteiger partial charge in [0.2, 0.25) is 5.95 Å². The molecule has 0 saturated heterocycles. The van der Waals surface area contributed by atoms with Crippen LogP contribution in [-0.2, 0) is 0 Å². The Kier molecular flexibility index (Phi) is 5.55. The number of para-hydroxylation sites is 1. The van der Waals surface area contributed by atoms with Gasteiger partial charge < -0.3 is 10.6 Å². The van der Waals surface area contributed by atoms with E-state index in [1.165, 1.54) is 0 Å². The number of aryl methyl sites for hydroxylation is 1. The zero-order valence-electron chi connectivity index (χ0n) is 14.1. The number of nitrogens with one attached hydrogen (secondary N) is 2. The second-order valence-corrected chi connectivity index (χ2v) is 6.42. The van der Waals surface area contributed by atoms with E-state index in [0.29, 0.717) is 32.7 Å². The summed E-state index contributed by atoms with van der Waals surface area (Å²) in [5, 5.41) is 15.7. The zero-order valence-corrected chi connectivity index (χ0v) is 15.6. The predicted molar refractivity (Wildman–Crippen MR) is 106 cm³/mol. The van der Waals surface area contributed by atoms with Crippen LogP contribution in [0.1, 0.15) is 21.7 Å². The molecule has 3 rings (SSSR count). The van der Waals surface area contributed by atoms with Crippen molar-refractivity contribution < 1.29 is 4.79 Å². The summed E-state index contributed by atoms with van der Waals surface area (Å²) in [6.07, 6.45) is 0. The second-order valence-electron chi connectivity index (χ2n) is 5.58. The lowest BCUT2D eigenvalue weighted by Gasteiger charge is -2.10. The van der Waals surface area contributed by atoms with Gasteiger partial charge in [-0.1, -0.05) is 35.3 Å². The van der Waals surface area contributed by atoms with Crippen molar-refractivity contribution in [1.82, 2.24) is 9.97 Å². The van der Waals surface area contributed by atoms with E-state index in [4.69, 9.17) is 28.5 Å². The van der Waals surface area contributed by atoms with Crippen molar-refractivity contribution in [2.75, 3.05) is 10.6 Å². The average Bonchev–Trinajstić information content (AvgIpc) is 2.64. The van der Waals surface area contributed by atoms with Crippen LogP contribution in [-0.4, -0.2) is 15.9 Å². The Balaban J connectivity index is 1.86. The summed E-state index contributed by atoms with van der Waals surface area (Å²) in [6, 6.07) is 15.3. The average molecular weight is 398 g/mol. The molecule has 6 nitrogen and oxygen atoms in total. The first-order valence-corrected chi connectivity index (χ1v) is 8.60. The third-order valence-corrected chi connectivity index (χ3v) is 4.11. The molecule has 8 heteroatoms. The number of halogens is 2. The largest absolute Gasteiger partial charge is 0.323 e. The lowest BCUT2D eigenvalue weighted by molar-refractivity contribution is 0.102. The van der Waals surface area contributed by atoms with Gasteiger partial charge in [-0.2, -0.15) is 5.26 Å². The topological polar surface area (TPSA) is 90.7 Å². The van der Waals surface area contributed by atoms with Crippen molar-refractivity contribution in [3.05, 3.63) is 75.5 Å². The van der Waals surface area contributed by atoms with Crippen molar-refractivity contribution in [3.63, 3.8) is 0 Å². The van der Waals surface area contributed by atoms with Crippen molar-refractivity contribution in [1.29, 1.82) is 5.26 Å². The van der Waals surface area contributed by atoms with Crippen molar-refractivity contribution in [2.24, 2.45) is 0 Å². The zero-order chi connectivity index (χ0) is 19.4. The highest BCUT2D eigenvalue weighted by molar-refractivity contribution is 6.36. The van der Waals surface area contributed by atoms with E-state index < -0.39 is 5.91 Å². The Morgan fingerprint density at radius 1 is 1.07 bits per heavy atom. The van der Waals surface area contributed by atoms with Gasteiger partial charge in [0.05, 0.1) is 22.0 Å². The first kappa shape index (κ1) is 18.6. The molecule has 2 N–H and O–H groups in total. The molecule has 0 aliphatic carbocycles. The third kappa shape index (κ3) is 4.53. The third-order valence-electron chi connectivity index (χ3n) is 3.56. The molecule has 0 bridgehead atoms. The predicted octanol–water partition coefficient (Wildman–Crippen LogP) is 4.96. The molecule has 27 heavy (non-hydrogen) atoms. The molecule has 1 amide bonds. The van der Waals surface area contributed by atoms with Crippen molar-refractivity contribution in [3.8, 4) is 6.07 Å². The number of aromatic nitrogens is 2. The number of anilines is 3. The normalized spacial score (nSPS) is 10.1. The fraction of sp³-hybridized carbons (Fsp3) is 0.0526. The number of benzene rings is 2. The van der Waals surface area contributed by atoms with Gasteiger partial charge in [-0.25, -0.2) is 9.97 Å². The van der Waals surface area contributed by atoms with E-state index in [2.05, 4.69) is 20.6 Å². The number of carbonyl (C=O) groups is 1. The van der Waals surface area contributed by atoms with Crippen LogP contribution in [0.15, 0.2) is 48.5 Å². The van der Waals surface area contributed by atoms with Crippen LogP contribution in [0.5, 0.6) is 0 Å². The highest BCUT2D eigenvalue weighted by Gasteiger charge is 2.13. The van der Waals surface area contributed by atoms with Crippen molar-refractivity contribution in [2.45, 2.75) is 6.92 Å². The molecule has 0 radical (unpaired) electrons. The van der Waals surface area contributed by atoms with Crippen LogP contribution >= 0.6 is 23.2 Å². The lowest BCUT2D eigenvalue weighted by Crippen LogP contribution is -2.16. The number of amides is 1. The van der Waals surface area contributed by atoms with Crippen LogP contribution < -0.4 is 10.6 Å². The Hall–Kier alpha value is -3.14. The van der Waals surface area contributed by atoms with E-state index in [9.17, 15) is 4.79 Å². The Labute approximate surface area is 165 Å². The van der Waals surface area contributed by atoms with Gasteiger partial charge in [0, 0.05) is 10.7 Å². The summed E-state index contributed by atoms with van der Waals surface area (Å²) in [5.74, 6) is -0.230. The standard InChI is InChI=1S/C19H13Cl2N5O/c1-11-8-17(18(27)24-15-5-3-2-4-12(15)10-22)26-19(23-11)25-16-7-6-13(20)9-14(16)21/h2-9H,1H3,(H,24,27)(H,23,25,26). The van der Waals surface area contributed by atoms with Crippen LogP contribution in [0, 0.1) is 18.3 Å². The smallest absolute Gasteiger partial charge is 0.274 e. The van der Waals surface area contributed by atoms with E-state index in [0.717, 1.165) is 0 Å². The second kappa shape index (κ2) is 8.04. The summed E-state index contributed by atoms with van der Waals surface area (Å²) >= 11 is 12.0. The molecular weight excluding hydrogens is 385 g/mol. The van der Waals surface area contributed by atoms with E-state index >= 15 is 0 Å². The Morgan fingerprint density at radius 3 is 2.59 bits per heavy atom. The monoisotopic (exact) mass is 397 g/mol. The molecule has 0 aliphatic heterocycles.